The number of carbonyl (C=O) groups is 1. The number of nitrogens with one attached hydrogen (secondary N) is 1. The molecule has 2 heterocycles. The molecule has 0 spiro atoms. The average molecular weight is 393 g/mol. The van der Waals surface area contributed by atoms with Crippen molar-refractivity contribution in [3.8, 4) is 11.4 Å². The minimum absolute atomic E-state index is 0.0635. The van der Waals surface area contributed by atoms with Crippen molar-refractivity contribution in [3.05, 3.63) is 65.7 Å². The van der Waals surface area contributed by atoms with Crippen molar-refractivity contribution in [2.75, 3.05) is 5.32 Å². The number of hydrogen-bond acceptors (Lipinski definition) is 4. The van der Waals surface area contributed by atoms with Crippen LogP contribution in [0.5, 0.6) is 0 Å². The quantitative estimate of drug-likeness (QED) is 0.690. The van der Waals surface area contributed by atoms with Gasteiger partial charge in [0.1, 0.15) is 11.6 Å². The lowest BCUT2D eigenvalue weighted by Gasteiger charge is -2.13. The van der Waals surface area contributed by atoms with Crippen molar-refractivity contribution in [1.29, 1.82) is 0 Å². The topological polar surface area (TPSA) is 85.8 Å². The van der Waals surface area contributed by atoms with Gasteiger partial charge < -0.3 is 15.6 Å². The molecule has 0 radical (unpaired) electrons. The summed E-state index contributed by atoms with van der Waals surface area (Å²) in [4.78, 5) is 12.4. The van der Waals surface area contributed by atoms with Gasteiger partial charge in [-0.05, 0) is 36.6 Å². The average Bonchev–Trinajstić information content (AvgIpc) is 2.98. The van der Waals surface area contributed by atoms with E-state index in [0.717, 1.165) is 49.2 Å². The molecule has 0 bridgehead atoms. The molecule has 29 heavy (non-hydrogen) atoms. The van der Waals surface area contributed by atoms with Gasteiger partial charge in [-0.15, -0.1) is 10.2 Å². The van der Waals surface area contributed by atoms with E-state index in [0.29, 0.717) is 5.82 Å². The highest BCUT2D eigenvalue weighted by Crippen LogP contribution is 2.27. The third-order valence-electron chi connectivity index (χ3n) is 5.24. The van der Waals surface area contributed by atoms with Crippen LogP contribution < -0.4 is 11.1 Å². The third kappa shape index (κ3) is 4.35. The van der Waals surface area contributed by atoms with Crippen LogP contribution in [0.15, 0.2) is 48.5 Å². The highest BCUT2D eigenvalue weighted by molar-refractivity contribution is 5.92. The molecular weight excluding hydrogens is 369 g/mol. The normalized spacial score (nSPS) is 14.7. The van der Waals surface area contributed by atoms with Gasteiger partial charge in [0.25, 0.3) is 0 Å². The minimum atomic E-state index is -0.494. The molecule has 1 aliphatic rings. The largest absolute Gasteiger partial charge is 0.324 e. The van der Waals surface area contributed by atoms with Crippen LogP contribution in [-0.4, -0.2) is 20.7 Å². The Morgan fingerprint density at radius 2 is 1.97 bits per heavy atom. The lowest BCUT2D eigenvalue weighted by atomic mass is 10.0. The Hall–Kier alpha value is -3.06. The van der Waals surface area contributed by atoms with E-state index in [-0.39, 0.29) is 18.0 Å². The van der Waals surface area contributed by atoms with Crippen LogP contribution in [0.1, 0.15) is 43.1 Å². The van der Waals surface area contributed by atoms with E-state index in [1.807, 2.05) is 30.3 Å². The van der Waals surface area contributed by atoms with Gasteiger partial charge in [0.2, 0.25) is 5.91 Å². The first-order valence-electron chi connectivity index (χ1n) is 9.94. The molecule has 1 atom stereocenters. The van der Waals surface area contributed by atoms with E-state index >= 15 is 0 Å². The number of aryl methyl sites for hydroxylation is 1. The van der Waals surface area contributed by atoms with E-state index in [1.54, 1.807) is 12.1 Å². The lowest BCUT2D eigenvalue weighted by molar-refractivity contribution is -0.116. The van der Waals surface area contributed by atoms with Gasteiger partial charge in [0.15, 0.2) is 5.82 Å². The first kappa shape index (κ1) is 19.3. The molecule has 0 aliphatic carbocycles. The molecule has 3 N–H and O–H groups in total. The van der Waals surface area contributed by atoms with E-state index < -0.39 is 11.9 Å². The van der Waals surface area contributed by atoms with Crippen molar-refractivity contribution in [2.24, 2.45) is 5.73 Å². The number of carbonyl (C=O) groups excluding carboxylic acids is 1. The molecule has 4 rings (SSSR count). The second-order valence-electron chi connectivity index (χ2n) is 7.37. The zero-order valence-electron chi connectivity index (χ0n) is 16.1. The number of hydrogen-bond donors (Lipinski definition) is 2. The number of fused-ring (bicyclic) bond motifs is 1. The van der Waals surface area contributed by atoms with Gasteiger partial charge in [0, 0.05) is 31.0 Å². The molecule has 7 heteroatoms. The second-order valence-corrected chi connectivity index (χ2v) is 7.37. The molecular formula is C22H24FN5O. The summed E-state index contributed by atoms with van der Waals surface area (Å²) in [7, 11) is 0. The van der Waals surface area contributed by atoms with Crippen molar-refractivity contribution in [3.63, 3.8) is 0 Å². The Kier molecular flexibility index (Phi) is 5.67. The summed E-state index contributed by atoms with van der Waals surface area (Å²) < 4.78 is 16.4. The maximum absolute atomic E-state index is 14.3. The van der Waals surface area contributed by atoms with Gasteiger partial charge >= 0.3 is 0 Å². The van der Waals surface area contributed by atoms with Crippen molar-refractivity contribution in [2.45, 2.75) is 44.7 Å². The predicted molar refractivity (Wildman–Crippen MR) is 110 cm³/mol. The van der Waals surface area contributed by atoms with Crippen LogP contribution in [0.25, 0.3) is 11.4 Å². The van der Waals surface area contributed by atoms with Crippen molar-refractivity contribution >= 4 is 11.6 Å². The zero-order valence-corrected chi connectivity index (χ0v) is 16.1. The molecule has 1 unspecified atom stereocenters. The smallest absolute Gasteiger partial charge is 0.226 e. The molecule has 0 saturated carbocycles. The highest BCUT2D eigenvalue weighted by Gasteiger charge is 2.18. The van der Waals surface area contributed by atoms with Crippen LogP contribution in [-0.2, 0) is 17.8 Å². The minimum Gasteiger partial charge on any atom is -0.324 e. The van der Waals surface area contributed by atoms with Crippen LogP contribution in [0, 0.1) is 5.82 Å². The standard InChI is InChI=1S/C22H24FN5O/c23-17-11-10-16(22-27-26-20-9-5-2-6-12-28(20)22)13-19(17)25-21(29)14-18(24)15-7-3-1-4-8-15/h1,3-4,7-8,10-11,13,18H,2,5-6,9,12,14,24H2,(H,25,29). The second kappa shape index (κ2) is 8.53. The van der Waals surface area contributed by atoms with Crippen molar-refractivity contribution in [1.82, 2.24) is 14.8 Å². The summed E-state index contributed by atoms with van der Waals surface area (Å²) in [6.07, 6.45) is 4.29. The van der Waals surface area contributed by atoms with Gasteiger partial charge in [-0.3, -0.25) is 4.79 Å². The van der Waals surface area contributed by atoms with Crippen LogP contribution in [0.4, 0.5) is 10.1 Å². The molecule has 1 aromatic heterocycles. The summed E-state index contributed by atoms with van der Waals surface area (Å²) in [6, 6.07) is 13.6. The van der Waals surface area contributed by atoms with Crippen LogP contribution >= 0.6 is 0 Å². The fraction of sp³-hybridized carbons (Fsp3) is 0.318. The molecule has 3 aromatic rings. The molecule has 1 aliphatic heterocycles. The fourth-order valence-electron chi connectivity index (χ4n) is 3.68. The van der Waals surface area contributed by atoms with Gasteiger partial charge in [-0.1, -0.05) is 36.8 Å². The number of nitrogens with two attached hydrogens (primary N) is 1. The predicted octanol–water partition coefficient (Wildman–Crippen LogP) is 3.84. The van der Waals surface area contributed by atoms with Gasteiger partial charge in [0.05, 0.1) is 5.69 Å². The first-order chi connectivity index (χ1) is 14.1. The van der Waals surface area contributed by atoms with Crippen LogP contribution in [0.2, 0.25) is 0 Å². The number of nitrogens with zero attached hydrogens (tertiary/aromatic N) is 3. The Balaban J connectivity index is 1.52. The maximum atomic E-state index is 14.3. The number of rotatable bonds is 5. The Bertz CT molecular complexity index is 1000. The number of halogens is 1. The highest BCUT2D eigenvalue weighted by atomic mass is 19.1. The molecule has 2 aromatic carbocycles. The van der Waals surface area contributed by atoms with Crippen molar-refractivity contribution < 1.29 is 9.18 Å². The Labute approximate surface area is 169 Å². The zero-order chi connectivity index (χ0) is 20.2. The summed E-state index contributed by atoms with van der Waals surface area (Å²) in [6.45, 7) is 0.850. The third-order valence-corrected chi connectivity index (χ3v) is 5.24. The van der Waals surface area contributed by atoms with Crippen LogP contribution in [0.3, 0.4) is 0 Å². The molecule has 1 amide bonds. The lowest BCUT2D eigenvalue weighted by Crippen LogP contribution is -2.21. The van der Waals surface area contributed by atoms with E-state index in [4.69, 9.17) is 5.73 Å². The number of aromatic nitrogens is 3. The molecule has 150 valence electrons. The van der Waals surface area contributed by atoms with E-state index in [9.17, 15) is 9.18 Å². The summed E-state index contributed by atoms with van der Waals surface area (Å²) in [5.41, 5.74) is 7.83. The Morgan fingerprint density at radius 1 is 1.14 bits per heavy atom. The molecule has 0 saturated heterocycles. The molecule has 6 nitrogen and oxygen atoms in total. The number of anilines is 1. The summed E-state index contributed by atoms with van der Waals surface area (Å²) in [5.74, 6) is 0.836. The SMILES string of the molecule is NC(CC(=O)Nc1cc(-c2nnc3n2CCCCC3)ccc1F)c1ccccc1. The maximum Gasteiger partial charge on any atom is 0.226 e. The summed E-state index contributed by atoms with van der Waals surface area (Å²) >= 11 is 0. The van der Waals surface area contributed by atoms with E-state index in [1.165, 1.54) is 6.07 Å². The van der Waals surface area contributed by atoms with Gasteiger partial charge in [-0.25, -0.2) is 4.39 Å². The summed E-state index contributed by atoms with van der Waals surface area (Å²) in [5, 5.41) is 11.3. The Morgan fingerprint density at radius 3 is 2.79 bits per heavy atom. The fourth-order valence-corrected chi connectivity index (χ4v) is 3.68. The number of benzene rings is 2. The monoisotopic (exact) mass is 393 g/mol. The first-order valence-corrected chi connectivity index (χ1v) is 9.94. The molecule has 0 fully saturated rings. The number of amides is 1. The van der Waals surface area contributed by atoms with E-state index in [2.05, 4.69) is 20.1 Å². The van der Waals surface area contributed by atoms with Gasteiger partial charge in [-0.2, -0.15) is 0 Å².